The second-order valence-electron chi connectivity index (χ2n) is 7.59. The van der Waals surface area contributed by atoms with Gasteiger partial charge in [-0.15, -0.1) is 0 Å². The first-order valence-corrected chi connectivity index (χ1v) is 10.7. The number of carboxylic acids is 2. The lowest BCUT2D eigenvalue weighted by Crippen LogP contribution is -2.26. The molecule has 0 saturated heterocycles. The van der Waals surface area contributed by atoms with E-state index in [1.165, 1.54) is 5.56 Å². The summed E-state index contributed by atoms with van der Waals surface area (Å²) < 4.78 is 63.5. The third kappa shape index (κ3) is 9.72. The second kappa shape index (κ2) is 13.4. The molecular formula is C23H21F6N5O4. The van der Waals surface area contributed by atoms with Crippen LogP contribution in [0.3, 0.4) is 0 Å². The number of carboxylic acid groups (broad SMARTS) is 2. The van der Waals surface area contributed by atoms with Gasteiger partial charge >= 0.3 is 24.3 Å². The van der Waals surface area contributed by atoms with Gasteiger partial charge in [0.25, 0.3) is 0 Å². The molecule has 9 nitrogen and oxygen atoms in total. The molecule has 0 bridgehead atoms. The molecule has 0 atom stereocenters. The molecule has 0 fully saturated rings. The largest absolute Gasteiger partial charge is 0.490 e. The molecule has 38 heavy (non-hydrogen) atoms. The molecule has 0 spiro atoms. The molecule has 0 radical (unpaired) electrons. The maximum absolute atomic E-state index is 10.6. The molecular weight excluding hydrogens is 524 g/mol. The predicted octanol–water partition coefficient (Wildman–Crippen LogP) is 3.80. The van der Waals surface area contributed by atoms with Crippen LogP contribution in [0.1, 0.15) is 17.0 Å². The van der Waals surface area contributed by atoms with Gasteiger partial charge in [-0.05, 0) is 30.7 Å². The molecule has 1 aliphatic heterocycles. The first kappa shape index (κ1) is 30.1. The summed E-state index contributed by atoms with van der Waals surface area (Å²) in [6, 6.07) is 10.1. The fraction of sp³-hybridized carbons (Fsp3) is 0.304. The highest BCUT2D eigenvalue weighted by Crippen LogP contribution is 2.25. The molecule has 204 valence electrons. The number of hydrogen-bond acceptors (Lipinski definition) is 7. The van der Waals surface area contributed by atoms with Crippen LogP contribution in [-0.2, 0) is 29.0 Å². The van der Waals surface area contributed by atoms with Crippen molar-refractivity contribution in [2.45, 2.75) is 31.7 Å². The van der Waals surface area contributed by atoms with Gasteiger partial charge < -0.3 is 10.2 Å². The first-order valence-electron chi connectivity index (χ1n) is 10.7. The summed E-state index contributed by atoms with van der Waals surface area (Å²) in [5.74, 6) is -5.51. The van der Waals surface area contributed by atoms with E-state index in [2.05, 4.69) is 37.0 Å². The number of rotatable bonds is 3. The van der Waals surface area contributed by atoms with Gasteiger partial charge in [-0.2, -0.15) is 26.3 Å². The number of pyridine rings is 2. The lowest BCUT2D eigenvalue weighted by Gasteiger charge is -2.18. The average molecular weight is 545 g/mol. The number of fused-ring (bicyclic) bond motifs is 1. The van der Waals surface area contributed by atoms with E-state index in [0.29, 0.717) is 0 Å². The Morgan fingerprint density at radius 1 is 0.842 bits per heavy atom. The van der Waals surface area contributed by atoms with Crippen molar-refractivity contribution in [3.8, 4) is 11.3 Å². The van der Waals surface area contributed by atoms with Crippen LogP contribution in [0.5, 0.6) is 0 Å². The molecule has 2 N–H and O–H groups in total. The fourth-order valence-electron chi connectivity index (χ4n) is 3.20. The minimum absolute atomic E-state index is 0.879. The van der Waals surface area contributed by atoms with Gasteiger partial charge in [-0.25, -0.2) is 19.6 Å². The van der Waals surface area contributed by atoms with E-state index in [4.69, 9.17) is 19.8 Å². The van der Waals surface area contributed by atoms with Crippen molar-refractivity contribution in [2.75, 3.05) is 13.1 Å². The van der Waals surface area contributed by atoms with Crippen LogP contribution < -0.4 is 0 Å². The summed E-state index contributed by atoms with van der Waals surface area (Å²) in [6.07, 6.45) is -1.08. The predicted molar refractivity (Wildman–Crippen MR) is 120 cm³/mol. The van der Waals surface area contributed by atoms with Gasteiger partial charge in [-0.3, -0.25) is 14.9 Å². The monoisotopic (exact) mass is 545 g/mol. The van der Waals surface area contributed by atoms with E-state index in [9.17, 15) is 26.3 Å². The Morgan fingerprint density at radius 2 is 1.47 bits per heavy atom. The number of nitrogens with zero attached hydrogens (tertiary/aromatic N) is 5. The van der Waals surface area contributed by atoms with Gasteiger partial charge in [0, 0.05) is 61.5 Å². The van der Waals surface area contributed by atoms with Gasteiger partial charge in [0.05, 0.1) is 11.4 Å². The normalized spacial score (nSPS) is 13.5. The van der Waals surface area contributed by atoms with Crippen LogP contribution in [0, 0.1) is 0 Å². The average Bonchev–Trinajstić information content (AvgIpc) is 3.07. The van der Waals surface area contributed by atoms with E-state index in [-0.39, 0.29) is 0 Å². The highest BCUT2D eigenvalue weighted by Gasteiger charge is 2.38. The number of hydrogen-bond donors (Lipinski definition) is 2. The zero-order valence-electron chi connectivity index (χ0n) is 19.4. The Kier molecular flexibility index (Phi) is 10.6. The molecule has 3 aromatic heterocycles. The van der Waals surface area contributed by atoms with Crippen LogP contribution >= 0.6 is 0 Å². The summed E-state index contributed by atoms with van der Waals surface area (Å²) in [4.78, 5) is 38.0. The fourth-order valence-corrected chi connectivity index (χ4v) is 3.20. The summed E-state index contributed by atoms with van der Waals surface area (Å²) in [7, 11) is 0. The van der Waals surface area contributed by atoms with Gasteiger partial charge in [0.2, 0.25) is 0 Å². The minimum Gasteiger partial charge on any atom is -0.475 e. The Morgan fingerprint density at radius 3 is 2.00 bits per heavy atom. The number of carbonyl (C=O) groups is 2. The topological polar surface area (TPSA) is 129 Å². The molecule has 0 saturated carbocycles. The second-order valence-corrected chi connectivity index (χ2v) is 7.59. The lowest BCUT2D eigenvalue weighted by atomic mass is 10.0. The third-order valence-corrected chi connectivity index (χ3v) is 4.91. The van der Waals surface area contributed by atoms with Crippen LogP contribution in [0.25, 0.3) is 11.3 Å². The van der Waals surface area contributed by atoms with Crippen LogP contribution in [0.2, 0.25) is 0 Å². The van der Waals surface area contributed by atoms with E-state index in [0.717, 1.165) is 55.1 Å². The zero-order chi connectivity index (χ0) is 28.3. The van der Waals surface area contributed by atoms with Crippen LogP contribution in [-0.4, -0.2) is 72.4 Å². The summed E-state index contributed by atoms with van der Waals surface area (Å²) in [5.41, 5.74) is 5.62. The molecule has 4 rings (SSSR count). The van der Waals surface area contributed by atoms with Gasteiger partial charge in [0.1, 0.15) is 6.33 Å². The molecule has 15 heteroatoms. The van der Waals surface area contributed by atoms with Gasteiger partial charge in [-0.1, -0.05) is 6.07 Å². The SMILES string of the molecule is O=C(O)C(F)(F)F.O=C(O)C(F)(F)F.c1ccc(CN2CCc3ncnc(-c4cccnc4)c3CC2)nc1. The lowest BCUT2D eigenvalue weighted by molar-refractivity contribution is -0.193. The van der Waals surface area contributed by atoms with E-state index in [1.807, 2.05) is 30.6 Å². The number of aliphatic carboxylic acids is 2. The maximum Gasteiger partial charge on any atom is 0.490 e. The highest BCUT2D eigenvalue weighted by molar-refractivity contribution is 5.73. The summed E-state index contributed by atoms with van der Waals surface area (Å²) in [6.45, 7) is 2.86. The smallest absolute Gasteiger partial charge is 0.475 e. The molecule has 0 aliphatic carbocycles. The molecule has 1 aliphatic rings. The Balaban J connectivity index is 0.000000301. The van der Waals surface area contributed by atoms with Crippen molar-refractivity contribution in [1.82, 2.24) is 24.8 Å². The maximum atomic E-state index is 10.6. The van der Waals surface area contributed by atoms with Gasteiger partial charge in [0.15, 0.2) is 0 Å². The van der Waals surface area contributed by atoms with Crippen molar-refractivity contribution < 1.29 is 46.1 Å². The first-order chi connectivity index (χ1) is 17.8. The van der Waals surface area contributed by atoms with Crippen molar-refractivity contribution >= 4 is 11.9 Å². The Bertz CT molecular complexity index is 1170. The van der Waals surface area contributed by atoms with Crippen LogP contribution in [0.15, 0.2) is 55.2 Å². The van der Waals surface area contributed by atoms with Crippen molar-refractivity contribution in [2.24, 2.45) is 0 Å². The van der Waals surface area contributed by atoms with Crippen molar-refractivity contribution in [3.05, 3.63) is 72.2 Å². The zero-order valence-corrected chi connectivity index (χ0v) is 19.4. The van der Waals surface area contributed by atoms with E-state index in [1.54, 1.807) is 12.5 Å². The minimum atomic E-state index is -5.08. The standard InChI is InChI=1S/C19H19N5.2C2HF3O2/c1-2-9-21-16(5-1)13-24-10-6-17-18(7-11-24)22-14-23-19(17)15-4-3-8-20-12-15;2*3-2(4,5)1(6)7/h1-5,8-9,12,14H,6-7,10-11,13H2;2*(H,6,7). The van der Waals surface area contributed by atoms with E-state index >= 15 is 0 Å². The number of halogens is 6. The van der Waals surface area contributed by atoms with Crippen LogP contribution in [0.4, 0.5) is 26.3 Å². The quantitative estimate of drug-likeness (QED) is 0.472. The summed E-state index contributed by atoms with van der Waals surface area (Å²) in [5, 5.41) is 14.2. The number of alkyl halides is 6. The molecule has 4 heterocycles. The highest BCUT2D eigenvalue weighted by atomic mass is 19.4. The third-order valence-electron chi connectivity index (χ3n) is 4.91. The van der Waals surface area contributed by atoms with Crippen molar-refractivity contribution in [1.29, 1.82) is 0 Å². The Labute approximate surface area is 211 Å². The molecule has 0 amide bonds. The Hall–Kier alpha value is -4.14. The molecule has 0 aromatic carbocycles. The molecule has 0 unspecified atom stereocenters. The van der Waals surface area contributed by atoms with E-state index < -0.39 is 24.3 Å². The molecule has 3 aromatic rings. The summed E-state index contributed by atoms with van der Waals surface area (Å²) >= 11 is 0. The van der Waals surface area contributed by atoms with Crippen molar-refractivity contribution in [3.63, 3.8) is 0 Å². The number of aromatic nitrogens is 4.